The Morgan fingerprint density at radius 2 is 1.09 bits per heavy atom. The largest absolute Gasteiger partial charge is 0.454 e. The number of rotatable bonds is 3. The Bertz CT molecular complexity index is 2790. The summed E-state index contributed by atoms with van der Waals surface area (Å²) < 4.78 is 9.09. The molecule has 0 unspecified atom stereocenters. The van der Waals surface area contributed by atoms with Crippen molar-refractivity contribution in [2.75, 3.05) is 0 Å². The third-order valence-electron chi connectivity index (χ3n) is 9.19. The predicted octanol–water partition coefficient (Wildman–Crippen LogP) is 11.1. The molecule has 0 aliphatic rings. The molecule has 0 saturated carbocycles. The Hall–Kier alpha value is -6.26. The zero-order chi connectivity index (χ0) is 30.2. The molecule has 0 spiro atoms. The number of furan rings is 1. The zero-order valence-corrected chi connectivity index (χ0v) is 24.7. The average Bonchev–Trinajstić information content (AvgIpc) is 3.68. The number of para-hydroxylation sites is 2. The van der Waals surface area contributed by atoms with Crippen LogP contribution in [-0.2, 0) is 0 Å². The predicted molar refractivity (Wildman–Crippen MR) is 190 cm³/mol. The van der Waals surface area contributed by atoms with Crippen LogP contribution in [0.2, 0.25) is 0 Å². The van der Waals surface area contributed by atoms with Crippen LogP contribution < -0.4 is 0 Å². The first-order valence-electron chi connectivity index (χ1n) is 15.5. The SMILES string of the molecule is c1ccc(-c2ccc3oc4c(c3c2)c2ccccc2c2c3ccccc3n(-c3nc(-c5ccccc5)c5ccccc5n3)c42)cc1. The van der Waals surface area contributed by atoms with Crippen molar-refractivity contribution >= 4 is 65.4 Å². The Balaban J connectivity index is 1.40. The Morgan fingerprint density at radius 1 is 0.457 bits per heavy atom. The van der Waals surface area contributed by atoms with Crippen LogP contribution in [0.25, 0.3) is 93.8 Å². The fourth-order valence-corrected chi connectivity index (χ4v) is 7.18. The summed E-state index contributed by atoms with van der Waals surface area (Å²) in [6.07, 6.45) is 0. The molecule has 4 nitrogen and oxygen atoms in total. The lowest BCUT2D eigenvalue weighted by Crippen LogP contribution is -2.03. The molecule has 0 bridgehead atoms. The van der Waals surface area contributed by atoms with Crippen molar-refractivity contribution < 1.29 is 4.42 Å². The molecule has 4 heteroatoms. The van der Waals surface area contributed by atoms with Gasteiger partial charge in [-0.3, -0.25) is 4.57 Å². The standard InChI is InChI=1S/C42H25N3O/c1-3-13-26(14-4-1)28-23-24-36-33(25-28)38-30-18-8-7-17-29(30)37-32-20-10-12-22-35(32)45(40(37)41(38)46-36)42-43-34-21-11-9-19-31(34)39(44-42)27-15-5-2-6-16-27/h1-25H. The maximum atomic E-state index is 6.88. The molecule has 0 aliphatic heterocycles. The summed E-state index contributed by atoms with van der Waals surface area (Å²) in [7, 11) is 0. The monoisotopic (exact) mass is 587 g/mol. The molecule has 0 atom stereocenters. The van der Waals surface area contributed by atoms with Crippen molar-refractivity contribution in [1.82, 2.24) is 14.5 Å². The van der Waals surface area contributed by atoms with Crippen molar-refractivity contribution in [1.29, 1.82) is 0 Å². The van der Waals surface area contributed by atoms with Crippen molar-refractivity contribution in [2.24, 2.45) is 0 Å². The molecule has 0 N–H and O–H groups in total. The van der Waals surface area contributed by atoms with Gasteiger partial charge in [0.2, 0.25) is 5.95 Å². The highest BCUT2D eigenvalue weighted by atomic mass is 16.3. The van der Waals surface area contributed by atoms with Gasteiger partial charge in [-0.25, -0.2) is 9.97 Å². The zero-order valence-electron chi connectivity index (χ0n) is 24.7. The molecule has 0 amide bonds. The highest BCUT2D eigenvalue weighted by molar-refractivity contribution is 6.35. The van der Waals surface area contributed by atoms with Crippen LogP contribution in [0.5, 0.6) is 0 Å². The van der Waals surface area contributed by atoms with Gasteiger partial charge in [-0.15, -0.1) is 0 Å². The van der Waals surface area contributed by atoms with Gasteiger partial charge >= 0.3 is 0 Å². The fraction of sp³-hybridized carbons (Fsp3) is 0. The van der Waals surface area contributed by atoms with Crippen LogP contribution in [0.15, 0.2) is 156 Å². The second-order valence-corrected chi connectivity index (χ2v) is 11.8. The summed E-state index contributed by atoms with van der Waals surface area (Å²) in [5.41, 5.74) is 8.89. The summed E-state index contributed by atoms with van der Waals surface area (Å²) in [6.45, 7) is 0. The Morgan fingerprint density at radius 3 is 1.87 bits per heavy atom. The Labute approximate surface area is 263 Å². The number of fused-ring (bicyclic) bond motifs is 11. The minimum atomic E-state index is 0.616. The summed E-state index contributed by atoms with van der Waals surface area (Å²) >= 11 is 0. The number of hydrogen-bond acceptors (Lipinski definition) is 3. The Kier molecular flexibility index (Phi) is 5.25. The van der Waals surface area contributed by atoms with E-state index in [1.807, 2.05) is 18.2 Å². The molecule has 214 valence electrons. The molecule has 10 aromatic rings. The molecule has 3 heterocycles. The van der Waals surface area contributed by atoms with E-state index >= 15 is 0 Å². The van der Waals surface area contributed by atoms with E-state index in [-0.39, 0.29) is 0 Å². The van der Waals surface area contributed by atoms with Gasteiger partial charge in [-0.1, -0.05) is 127 Å². The van der Waals surface area contributed by atoms with Crippen molar-refractivity contribution in [2.45, 2.75) is 0 Å². The van der Waals surface area contributed by atoms with Gasteiger partial charge < -0.3 is 4.42 Å². The molecular formula is C42H25N3O. The molecule has 0 fully saturated rings. The molecule has 7 aromatic carbocycles. The third kappa shape index (κ3) is 3.55. The van der Waals surface area contributed by atoms with Crippen LogP contribution in [0, 0.1) is 0 Å². The van der Waals surface area contributed by atoms with Crippen LogP contribution in [0.3, 0.4) is 0 Å². The van der Waals surface area contributed by atoms with Crippen molar-refractivity contribution in [3.05, 3.63) is 152 Å². The van der Waals surface area contributed by atoms with E-state index in [2.05, 4.69) is 138 Å². The van der Waals surface area contributed by atoms with Crippen LogP contribution in [0.1, 0.15) is 0 Å². The minimum Gasteiger partial charge on any atom is -0.454 e. The maximum absolute atomic E-state index is 6.88. The highest BCUT2D eigenvalue weighted by Crippen LogP contribution is 2.46. The lowest BCUT2D eigenvalue weighted by molar-refractivity contribution is 0.671. The number of aromatic nitrogens is 3. The van der Waals surface area contributed by atoms with Gasteiger partial charge in [0, 0.05) is 32.5 Å². The van der Waals surface area contributed by atoms with E-state index in [1.165, 1.54) is 16.3 Å². The highest BCUT2D eigenvalue weighted by Gasteiger charge is 2.24. The van der Waals surface area contributed by atoms with Crippen molar-refractivity contribution in [3.8, 4) is 28.3 Å². The van der Waals surface area contributed by atoms with E-state index in [4.69, 9.17) is 14.4 Å². The minimum absolute atomic E-state index is 0.616. The lowest BCUT2D eigenvalue weighted by Gasteiger charge is -2.12. The second-order valence-electron chi connectivity index (χ2n) is 11.8. The lowest BCUT2D eigenvalue weighted by atomic mass is 9.97. The topological polar surface area (TPSA) is 43.9 Å². The van der Waals surface area contributed by atoms with Gasteiger partial charge in [-0.2, -0.15) is 0 Å². The van der Waals surface area contributed by atoms with Gasteiger partial charge in [0.05, 0.1) is 16.7 Å². The fourth-order valence-electron chi connectivity index (χ4n) is 7.18. The first kappa shape index (κ1) is 25.1. The molecular weight excluding hydrogens is 562 g/mol. The normalized spacial score (nSPS) is 11.9. The van der Waals surface area contributed by atoms with Gasteiger partial charge in [0.25, 0.3) is 0 Å². The van der Waals surface area contributed by atoms with E-state index in [0.717, 1.165) is 71.5 Å². The average molecular weight is 588 g/mol. The molecule has 46 heavy (non-hydrogen) atoms. The first-order chi connectivity index (χ1) is 22.8. The summed E-state index contributed by atoms with van der Waals surface area (Å²) in [5.74, 6) is 0.616. The maximum Gasteiger partial charge on any atom is 0.235 e. The van der Waals surface area contributed by atoms with Crippen LogP contribution in [-0.4, -0.2) is 14.5 Å². The molecule has 0 saturated heterocycles. The van der Waals surface area contributed by atoms with E-state index in [0.29, 0.717) is 5.95 Å². The van der Waals surface area contributed by atoms with E-state index in [1.54, 1.807) is 0 Å². The van der Waals surface area contributed by atoms with Gasteiger partial charge in [0.15, 0.2) is 5.58 Å². The van der Waals surface area contributed by atoms with Crippen molar-refractivity contribution in [3.63, 3.8) is 0 Å². The number of hydrogen-bond donors (Lipinski definition) is 0. The third-order valence-corrected chi connectivity index (χ3v) is 9.19. The molecule has 0 aliphatic carbocycles. The second kappa shape index (κ2) is 9.62. The van der Waals surface area contributed by atoms with E-state index in [9.17, 15) is 0 Å². The summed E-state index contributed by atoms with van der Waals surface area (Å²) in [6, 6.07) is 52.9. The quantitative estimate of drug-likeness (QED) is 0.207. The number of nitrogens with zero attached hydrogens (tertiary/aromatic N) is 3. The summed E-state index contributed by atoms with van der Waals surface area (Å²) in [4.78, 5) is 10.5. The van der Waals surface area contributed by atoms with Gasteiger partial charge in [0.1, 0.15) is 11.1 Å². The van der Waals surface area contributed by atoms with Crippen LogP contribution >= 0.6 is 0 Å². The van der Waals surface area contributed by atoms with Gasteiger partial charge in [-0.05, 0) is 46.2 Å². The first-order valence-corrected chi connectivity index (χ1v) is 15.5. The molecule has 10 rings (SSSR count). The van der Waals surface area contributed by atoms with E-state index < -0.39 is 0 Å². The molecule has 3 aromatic heterocycles. The molecule has 0 radical (unpaired) electrons. The van der Waals surface area contributed by atoms with Crippen LogP contribution in [0.4, 0.5) is 0 Å². The number of benzene rings is 7. The smallest absolute Gasteiger partial charge is 0.235 e. The summed E-state index contributed by atoms with van der Waals surface area (Å²) in [5, 5.41) is 7.84.